The molecule has 3 atom stereocenters. The van der Waals surface area contributed by atoms with Gasteiger partial charge in [-0.25, -0.2) is 0 Å². The van der Waals surface area contributed by atoms with Gasteiger partial charge in [0.05, 0.1) is 6.10 Å². The van der Waals surface area contributed by atoms with Crippen molar-refractivity contribution in [1.29, 1.82) is 0 Å². The van der Waals surface area contributed by atoms with Crippen LogP contribution in [0.3, 0.4) is 0 Å². The highest BCUT2D eigenvalue weighted by Crippen LogP contribution is 2.52. The molecule has 3 nitrogen and oxygen atoms in total. The largest absolute Gasteiger partial charge is 0.472 e. The fourth-order valence-corrected chi connectivity index (χ4v) is 4.46. The Hall–Kier alpha value is -1.06. The molecule has 2 heterocycles. The molecule has 3 aliphatic rings. The maximum atomic E-state index is 10.9. The average molecular weight is 273 g/mol. The Bertz CT molecular complexity index is 498. The summed E-state index contributed by atoms with van der Waals surface area (Å²) < 4.78 is 6.54. The number of aliphatic hydroxyl groups excluding tert-OH is 1. The lowest BCUT2D eigenvalue weighted by molar-refractivity contribution is -0.184. The van der Waals surface area contributed by atoms with Gasteiger partial charge in [0, 0.05) is 31.0 Å². The van der Waals surface area contributed by atoms with Crippen molar-refractivity contribution in [1.82, 2.24) is 4.90 Å². The zero-order valence-corrected chi connectivity index (χ0v) is 11.9. The Balaban J connectivity index is 1.79. The van der Waals surface area contributed by atoms with Gasteiger partial charge in [-0.3, -0.25) is 4.90 Å². The maximum Gasteiger partial charge on any atom is 0.169 e. The molecule has 1 N–H and O–H groups in total. The number of likely N-dealkylation sites (tertiary alicyclic amines) is 1. The van der Waals surface area contributed by atoms with E-state index in [-0.39, 0.29) is 17.7 Å². The van der Waals surface area contributed by atoms with Crippen LogP contribution >= 0.6 is 0 Å². The summed E-state index contributed by atoms with van der Waals surface area (Å²) in [6, 6.07) is 8.03. The third-order valence-corrected chi connectivity index (χ3v) is 5.43. The number of fused-ring (bicyclic) bond motifs is 2. The first kappa shape index (κ1) is 12.7. The first-order valence-electron chi connectivity index (χ1n) is 8.02. The van der Waals surface area contributed by atoms with E-state index in [2.05, 4.69) is 4.90 Å². The SMILES string of the molecule is O[C@@H]1c2ccccc2O[C@@]2(N3CCCC3)CCCC[C@H]12. The van der Waals surface area contributed by atoms with Gasteiger partial charge in [0.2, 0.25) is 0 Å². The minimum atomic E-state index is -0.374. The Morgan fingerprint density at radius 1 is 1.10 bits per heavy atom. The number of aliphatic hydroxyl groups is 1. The first-order valence-corrected chi connectivity index (χ1v) is 8.02. The summed E-state index contributed by atoms with van der Waals surface area (Å²) in [6.45, 7) is 2.23. The highest BCUT2D eigenvalue weighted by molar-refractivity contribution is 5.39. The van der Waals surface area contributed by atoms with E-state index in [4.69, 9.17) is 4.74 Å². The second kappa shape index (κ2) is 4.74. The van der Waals surface area contributed by atoms with Gasteiger partial charge in [0.1, 0.15) is 5.75 Å². The van der Waals surface area contributed by atoms with Gasteiger partial charge in [-0.05, 0) is 31.7 Å². The molecule has 0 spiro atoms. The zero-order chi connectivity index (χ0) is 13.6. The van der Waals surface area contributed by atoms with Crippen molar-refractivity contribution in [2.75, 3.05) is 13.1 Å². The van der Waals surface area contributed by atoms with Crippen LogP contribution in [0.15, 0.2) is 24.3 Å². The predicted octanol–water partition coefficient (Wildman–Crippen LogP) is 3.09. The Morgan fingerprint density at radius 2 is 1.90 bits per heavy atom. The molecule has 0 amide bonds. The lowest BCUT2D eigenvalue weighted by Crippen LogP contribution is -2.61. The minimum absolute atomic E-state index is 0.226. The quantitative estimate of drug-likeness (QED) is 0.853. The van der Waals surface area contributed by atoms with Crippen LogP contribution in [0.1, 0.15) is 50.2 Å². The molecule has 2 aliphatic heterocycles. The van der Waals surface area contributed by atoms with Crippen LogP contribution in [0.2, 0.25) is 0 Å². The molecule has 0 bridgehead atoms. The first-order chi connectivity index (χ1) is 9.81. The smallest absolute Gasteiger partial charge is 0.169 e. The van der Waals surface area contributed by atoms with Gasteiger partial charge >= 0.3 is 0 Å². The summed E-state index contributed by atoms with van der Waals surface area (Å²) in [6.07, 6.45) is 6.70. The maximum absolute atomic E-state index is 10.9. The molecule has 1 aliphatic carbocycles. The molecule has 2 fully saturated rings. The molecule has 1 aromatic rings. The fraction of sp³-hybridized carbons (Fsp3) is 0.647. The van der Waals surface area contributed by atoms with Crippen LogP contribution in [0.25, 0.3) is 0 Å². The monoisotopic (exact) mass is 273 g/mol. The predicted molar refractivity (Wildman–Crippen MR) is 77.5 cm³/mol. The average Bonchev–Trinajstić information content (AvgIpc) is 3.02. The number of para-hydroxylation sites is 1. The molecule has 20 heavy (non-hydrogen) atoms. The number of nitrogens with zero attached hydrogens (tertiary/aromatic N) is 1. The van der Waals surface area contributed by atoms with Gasteiger partial charge in [-0.15, -0.1) is 0 Å². The van der Waals surface area contributed by atoms with E-state index in [1.165, 1.54) is 25.7 Å². The number of rotatable bonds is 1. The van der Waals surface area contributed by atoms with Gasteiger partial charge in [-0.2, -0.15) is 0 Å². The molecule has 4 rings (SSSR count). The van der Waals surface area contributed by atoms with E-state index in [0.717, 1.165) is 37.2 Å². The minimum Gasteiger partial charge on any atom is -0.472 e. The summed E-state index contributed by atoms with van der Waals surface area (Å²) in [5.41, 5.74) is 0.733. The Labute approximate surface area is 120 Å². The third-order valence-electron chi connectivity index (χ3n) is 5.43. The standard InChI is InChI=1S/C17H23NO2/c19-16-13-7-1-2-9-15(13)20-17(18-11-5-6-12-18)10-4-3-8-14(16)17/h1-2,7,9,14,16,19H,3-6,8,10-12H2/t14-,16-,17+/m1/s1. The molecule has 0 aromatic heterocycles. The number of hydrogen-bond donors (Lipinski definition) is 1. The number of ether oxygens (including phenoxy) is 1. The third kappa shape index (κ3) is 1.73. The highest BCUT2D eigenvalue weighted by atomic mass is 16.5. The van der Waals surface area contributed by atoms with Crippen molar-refractivity contribution >= 4 is 0 Å². The Morgan fingerprint density at radius 3 is 2.75 bits per heavy atom. The molecule has 108 valence electrons. The molecule has 1 saturated heterocycles. The normalized spacial score (nSPS) is 37.0. The van der Waals surface area contributed by atoms with Crippen LogP contribution in [-0.2, 0) is 0 Å². The van der Waals surface area contributed by atoms with E-state index in [0.29, 0.717) is 0 Å². The van der Waals surface area contributed by atoms with Crippen molar-refractivity contribution in [2.45, 2.75) is 50.4 Å². The molecule has 1 aromatic carbocycles. The van der Waals surface area contributed by atoms with Crippen molar-refractivity contribution in [3.63, 3.8) is 0 Å². The van der Waals surface area contributed by atoms with Crippen LogP contribution in [0.4, 0.5) is 0 Å². The van der Waals surface area contributed by atoms with Gasteiger partial charge < -0.3 is 9.84 Å². The summed E-state index contributed by atoms with van der Waals surface area (Å²) >= 11 is 0. The van der Waals surface area contributed by atoms with Gasteiger partial charge in [0.15, 0.2) is 5.72 Å². The second-order valence-corrected chi connectivity index (χ2v) is 6.48. The highest BCUT2D eigenvalue weighted by Gasteiger charge is 2.54. The van der Waals surface area contributed by atoms with E-state index in [9.17, 15) is 5.11 Å². The molecule has 1 saturated carbocycles. The van der Waals surface area contributed by atoms with E-state index >= 15 is 0 Å². The molecular weight excluding hydrogens is 250 g/mol. The van der Waals surface area contributed by atoms with Crippen LogP contribution in [0.5, 0.6) is 5.75 Å². The second-order valence-electron chi connectivity index (χ2n) is 6.48. The van der Waals surface area contributed by atoms with Crippen molar-refractivity contribution in [3.8, 4) is 5.75 Å². The summed E-state index contributed by atoms with van der Waals surface area (Å²) in [4.78, 5) is 2.51. The zero-order valence-electron chi connectivity index (χ0n) is 11.9. The van der Waals surface area contributed by atoms with Crippen LogP contribution in [-0.4, -0.2) is 28.8 Å². The van der Waals surface area contributed by atoms with Crippen molar-refractivity contribution in [2.24, 2.45) is 5.92 Å². The summed E-state index contributed by atoms with van der Waals surface area (Å²) in [5.74, 6) is 1.12. The van der Waals surface area contributed by atoms with Crippen LogP contribution in [0, 0.1) is 5.92 Å². The van der Waals surface area contributed by atoms with Crippen LogP contribution < -0.4 is 4.74 Å². The molecular formula is C17H23NO2. The summed E-state index contributed by atoms with van der Waals surface area (Å²) in [7, 11) is 0. The number of hydrogen-bond acceptors (Lipinski definition) is 3. The van der Waals surface area contributed by atoms with E-state index < -0.39 is 0 Å². The fourth-order valence-electron chi connectivity index (χ4n) is 4.46. The van der Waals surface area contributed by atoms with Gasteiger partial charge in [-0.1, -0.05) is 24.6 Å². The van der Waals surface area contributed by atoms with Gasteiger partial charge in [0.25, 0.3) is 0 Å². The lowest BCUT2D eigenvalue weighted by Gasteiger charge is -2.53. The summed E-state index contributed by atoms with van der Waals surface area (Å²) in [5, 5.41) is 10.9. The lowest BCUT2D eigenvalue weighted by atomic mass is 9.73. The van der Waals surface area contributed by atoms with E-state index in [1.54, 1.807) is 0 Å². The molecule has 0 radical (unpaired) electrons. The van der Waals surface area contributed by atoms with Crippen molar-refractivity contribution < 1.29 is 9.84 Å². The number of benzene rings is 1. The van der Waals surface area contributed by atoms with Crippen molar-refractivity contribution in [3.05, 3.63) is 29.8 Å². The Kier molecular flexibility index (Phi) is 3.00. The molecule has 0 unspecified atom stereocenters. The molecule has 3 heteroatoms. The van der Waals surface area contributed by atoms with E-state index in [1.807, 2.05) is 24.3 Å². The topological polar surface area (TPSA) is 32.7 Å².